The molecule has 0 unspecified atom stereocenters. The van der Waals surface area contributed by atoms with Crippen LogP contribution in [0.5, 0.6) is 0 Å². The number of methoxy groups -OCH3 is 1. The maximum Gasteiger partial charge on any atom is 0.191 e. The Bertz CT molecular complexity index is 499. The molecule has 0 saturated heterocycles. The molecule has 0 radical (unpaired) electrons. The molecular formula is C18H32N4OS. The maximum atomic E-state index is 5.22. The normalized spacial score (nSPS) is 15.1. The number of ether oxygens (including phenoxy) is 1. The van der Waals surface area contributed by atoms with Gasteiger partial charge in [0.05, 0.1) is 13.2 Å². The van der Waals surface area contributed by atoms with Gasteiger partial charge >= 0.3 is 0 Å². The summed E-state index contributed by atoms with van der Waals surface area (Å²) in [6.45, 7) is 9.71. The summed E-state index contributed by atoms with van der Waals surface area (Å²) in [5, 5.41) is 6.80. The van der Waals surface area contributed by atoms with Crippen LogP contribution in [-0.2, 0) is 17.7 Å². The van der Waals surface area contributed by atoms with Crippen molar-refractivity contribution >= 4 is 17.3 Å². The number of nitrogens with zero attached hydrogens (tertiary/aromatic N) is 2. The zero-order valence-electron chi connectivity index (χ0n) is 15.3. The van der Waals surface area contributed by atoms with E-state index in [0.29, 0.717) is 0 Å². The molecule has 5 nitrogen and oxygen atoms in total. The van der Waals surface area contributed by atoms with Crippen LogP contribution in [0.25, 0.3) is 0 Å². The Hall–Kier alpha value is -1.11. The zero-order valence-corrected chi connectivity index (χ0v) is 16.1. The summed E-state index contributed by atoms with van der Waals surface area (Å²) in [6.07, 6.45) is 3.76. The minimum absolute atomic E-state index is 0.746. The van der Waals surface area contributed by atoms with Crippen LogP contribution in [-0.4, -0.2) is 56.8 Å². The molecule has 1 saturated carbocycles. The third-order valence-electron chi connectivity index (χ3n) is 4.14. The molecule has 2 rings (SSSR count). The number of guanidine groups is 1. The molecule has 0 amide bonds. The Balaban J connectivity index is 1.77. The van der Waals surface area contributed by atoms with E-state index in [1.807, 2.05) is 11.3 Å². The monoisotopic (exact) mass is 352 g/mol. The first-order chi connectivity index (χ1) is 11.8. The molecule has 1 aliphatic carbocycles. The van der Waals surface area contributed by atoms with E-state index in [2.05, 4.69) is 41.5 Å². The van der Waals surface area contributed by atoms with E-state index in [4.69, 9.17) is 9.73 Å². The summed E-state index contributed by atoms with van der Waals surface area (Å²) < 4.78 is 5.22. The Morgan fingerprint density at radius 1 is 1.25 bits per heavy atom. The number of aryl methyl sites for hydroxylation is 1. The van der Waals surface area contributed by atoms with Crippen molar-refractivity contribution in [2.45, 2.75) is 45.7 Å². The standard InChI is InChI=1S/C18H32N4OS/c1-4-16-8-9-17(24-16)14-21-18(19-5-2)20-10-11-22(12-13-23-3)15-6-7-15/h8-9,15H,4-7,10-14H2,1-3H3,(H2,19,20,21). The summed E-state index contributed by atoms with van der Waals surface area (Å²) in [5.74, 6) is 0.909. The van der Waals surface area contributed by atoms with Gasteiger partial charge in [-0.25, -0.2) is 4.99 Å². The highest BCUT2D eigenvalue weighted by Gasteiger charge is 2.28. The minimum atomic E-state index is 0.746. The van der Waals surface area contributed by atoms with Crippen LogP contribution in [0.4, 0.5) is 0 Å². The van der Waals surface area contributed by atoms with Gasteiger partial charge in [-0.05, 0) is 38.3 Å². The van der Waals surface area contributed by atoms with Crippen molar-refractivity contribution in [1.82, 2.24) is 15.5 Å². The van der Waals surface area contributed by atoms with Gasteiger partial charge in [0, 0.05) is 49.1 Å². The number of hydrogen-bond acceptors (Lipinski definition) is 4. The third-order valence-corrected chi connectivity index (χ3v) is 5.35. The lowest BCUT2D eigenvalue weighted by Crippen LogP contribution is -2.42. The smallest absolute Gasteiger partial charge is 0.191 e. The number of thiophene rings is 1. The molecule has 0 bridgehead atoms. The zero-order chi connectivity index (χ0) is 17.2. The molecule has 0 spiro atoms. The van der Waals surface area contributed by atoms with Crippen LogP contribution < -0.4 is 10.6 Å². The molecule has 24 heavy (non-hydrogen) atoms. The molecular weight excluding hydrogens is 320 g/mol. The van der Waals surface area contributed by atoms with Gasteiger partial charge in [0.15, 0.2) is 5.96 Å². The second kappa shape index (κ2) is 10.7. The number of rotatable bonds is 11. The maximum absolute atomic E-state index is 5.22. The van der Waals surface area contributed by atoms with Crippen LogP contribution in [0.2, 0.25) is 0 Å². The largest absolute Gasteiger partial charge is 0.383 e. The van der Waals surface area contributed by atoms with E-state index in [-0.39, 0.29) is 0 Å². The Kier molecular flexibility index (Phi) is 8.56. The van der Waals surface area contributed by atoms with Crippen molar-refractivity contribution in [2.24, 2.45) is 4.99 Å². The van der Waals surface area contributed by atoms with E-state index in [0.717, 1.165) is 57.8 Å². The minimum Gasteiger partial charge on any atom is -0.383 e. The van der Waals surface area contributed by atoms with E-state index in [1.54, 1.807) is 7.11 Å². The molecule has 1 heterocycles. The first-order valence-electron chi connectivity index (χ1n) is 9.09. The first kappa shape index (κ1) is 19.2. The van der Waals surface area contributed by atoms with E-state index in [9.17, 15) is 0 Å². The highest BCUT2D eigenvalue weighted by atomic mass is 32.1. The SMILES string of the molecule is CCNC(=NCc1ccc(CC)s1)NCCN(CCOC)C1CC1. The van der Waals surface area contributed by atoms with Crippen LogP contribution in [0.3, 0.4) is 0 Å². The lowest BCUT2D eigenvalue weighted by Gasteiger charge is -2.22. The fourth-order valence-electron chi connectivity index (χ4n) is 2.64. The van der Waals surface area contributed by atoms with Crippen molar-refractivity contribution in [3.05, 3.63) is 21.9 Å². The van der Waals surface area contributed by atoms with Gasteiger partial charge in [-0.15, -0.1) is 11.3 Å². The van der Waals surface area contributed by atoms with Crippen molar-refractivity contribution in [2.75, 3.05) is 39.9 Å². The van der Waals surface area contributed by atoms with Crippen molar-refractivity contribution in [3.63, 3.8) is 0 Å². The van der Waals surface area contributed by atoms with Crippen LogP contribution >= 0.6 is 11.3 Å². The highest BCUT2D eigenvalue weighted by molar-refractivity contribution is 7.11. The van der Waals surface area contributed by atoms with E-state index in [1.165, 1.54) is 22.6 Å². The number of aliphatic imine (C=N–C) groups is 1. The fraction of sp³-hybridized carbons (Fsp3) is 0.722. The van der Waals surface area contributed by atoms with Gasteiger partial charge in [-0.1, -0.05) is 6.92 Å². The summed E-state index contributed by atoms with van der Waals surface area (Å²) in [6, 6.07) is 5.16. The Morgan fingerprint density at radius 3 is 2.67 bits per heavy atom. The molecule has 0 aromatic carbocycles. The molecule has 1 aromatic rings. The fourth-order valence-corrected chi connectivity index (χ4v) is 3.52. The molecule has 1 aliphatic rings. The van der Waals surface area contributed by atoms with Gasteiger partial charge in [-0.2, -0.15) is 0 Å². The van der Waals surface area contributed by atoms with E-state index >= 15 is 0 Å². The molecule has 1 fully saturated rings. The van der Waals surface area contributed by atoms with Crippen LogP contribution in [0, 0.1) is 0 Å². The van der Waals surface area contributed by atoms with Crippen molar-refractivity contribution in [3.8, 4) is 0 Å². The van der Waals surface area contributed by atoms with Gasteiger partial charge in [0.25, 0.3) is 0 Å². The molecule has 0 atom stereocenters. The third kappa shape index (κ3) is 6.79. The lowest BCUT2D eigenvalue weighted by atomic mass is 10.4. The second-order valence-corrected chi connectivity index (χ2v) is 7.36. The molecule has 1 aromatic heterocycles. The number of nitrogens with one attached hydrogen (secondary N) is 2. The van der Waals surface area contributed by atoms with Crippen molar-refractivity contribution < 1.29 is 4.74 Å². The van der Waals surface area contributed by atoms with Crippen LogP contribution in [0.15, 0.2) is 17.1 Å². The van der Waals surface area contributed by atoms with Crippen molar-refractivity contribution in [1.29, 1.82) is 0 Å². The van der Waals surface area contributed by atoms with Gasteiger partial charge < -0.3 is 15.4 Å². The quantitative estimate of drug-likeness (QED) is 0.474. The Morgan fingerprint density at radius 2 is 2.04 bits per heavy atom. The summed E-state index contributed by atoms with van der Waals surface area (Å²) >= 11 is 1.86. The van der Waals surface area contributed by atoms with Crippen LogP contribution in [0.1, 0.15) is 36.4 Å². The molecule has 136 valence electrons. The molecule has 2 N–H and O–H groups in total. The average Bonchev–Trinajstić information content (AvgIpc) is 3.33. The predicted octanol–water partition coefficient (Wildman–Crippen LogP) is 2.48. The van der Waals surface area contributed by atoms with Gasteiger partial charge in [0.2, 0.25) is 0 Å². The topological polar surface area (TPSA) is 48.9 Å². The average molecular weight is 353 g/mol. The Labute approximate surface area is 150 Å². The summed E-state index contributed by atoms with van der Waals surface area (Å²) in [7, 11) is 1.77. The second-order valence-electron chi connectivity index (χ2n) is 6.10. The number of hydrogen-bond donors (Lipinski definition) is 2. The lowest BCUT2D eigenvalue weighted by molar-refractivity contribution is 0.144. The van der Waals surface area contributed by atoms with E-state index < -0.39 is 0 Å². The molecule has 6 heteroatoms. The highest BCUT2D eigenvalue weighted by Crippen LogP contribution is 2.26. The predicted molar refractivity (Wildman–Crippen MR) is 103 cm³/mol. The first-order valence-corrected chi connectivity index (χ1v) is 9.91. The van der Waals surface area contributed by atoms with Gasteiger partial charge in [0.1, 0.15) is 0 Å². The van der Waals surface area contributed by atoms with Gasteiger partial charge in [-0.3, -0.25) is 4.90 Å². The molecule has 0 aliphatic heterocycles. The summed E-state index contributed by atoms with van der Waals surface area (Å²) in [4.78, 5) is 9.98. The summed E-state index contributed by atoms with van der Waals surface area (Å²) in [5.41, 5.74) is 0.